The molecule has 0 saturated carbocycles. The van der Waals surface area contributed by atoms with Crippen LogP contribution in [-0.2, 0) is 28.6 Å². The smallest absolute Gasteiger partial charge is 0.306 e. The van der Waals surface area contributed by atoms with E-state index in [1.54, 1.807) is 21.1 Å². The molecular formula is C46H79NO7. The molecule has 8 nitrogen and oxygen atoms in total. The molecule has 2 atom stereocenters. The zero-order chi connectivity index (χ0) is 40.0. The number of quaternary nitrogens is 1. The lowest BCUT2D eigenvalue weighted by molar-refractivity contribution is -0.889. The summed E-state index contributed by atoms with van der Waals surface area (Å²) in [6, 6.07) is -0.734. The van der Waals surface area contributed by atoms with E-state index in [0.29, 0.717) is 12.8 Å². The first-order valence-electron chi connectivity index (χ1n) is 21.3. The summed E-state index contributed by atoms with van der Waals surface area (Å²) in [6.07, 6.45) is 43.9. The molecule has 0 aliphatic rings. The van der Waals surface area contributed by atoms with E-state index in [2.05, 4.69) is 74.6 Å². The normalized spacial score (nSPS) is 13.6. The second-order valence-corrected chi connectivity index (χ2v) is 15.2. The molecule has 310 valence electrons. The minimum atomic E-state index is -1.13. The van der Waals surface area contributed by atoms with Gasteiger partial charge < -0.3 is 28.6 Å². The van der Waals surface area contributed by atoms with Gasteiger partial charge in [-0.3, -0.25) is 9.59 Å². The van der Waals surface area contributed by atoms with Crippen LogP contribution in [0.2, 0.25) is 0 Å². The Labute approximate surface area is 330 Å². The molecule has 0 heterocycles. The summed E-state index contributed by atoms with van der Waals surface area (Å²) in [4.78, 5) is 36.8. The molecule has 0 saturated heterocycles. The van der Waals surface area contributed by atoms with Crippen molar-refractivity contribution >= 4 is 17.9 Å². The van der Waals surface area contributed by atoms with E-state index in [1.165, 1.54) is 51.4 Å². The quantitative estimate of drug-likeness (QED) is 0.0269. The second kappa shape index (κ2) is 37.0. The maximum atomic E-state index is 12.7. The molecule has 8 heteroatoms. The summed E-state index contributed by atoms with van der Waals surface area (Å²) < 4.78 is 17.1. The number of likely N-dealkylation sites (N-methyl/N-ethyl adjacent to an activating group) is 1. The third-order valence-electron chi connectivity index (χ3n) is 9.14. The van der Waals surface area contributed by atoms with Crippen molar-refractivity contribution in [1.29, 1.82) is 0 Å². The molecule has 0 aromatic rings. The molecule has 54 heavy (non-hydrogen) atoms. The van der Waals surface area contributed by atoms with Crippen LogP contribution >= 0.6 is 0 Å². The van der Waals surface area contributed by atoms with Gasteiger partial charge >= 0.3 is 11.9 Å². The second-order valence-electron chi connectivity index (χ2n) is 15.2. The maximum Gasteiger partial charge on any atom is 0.306 e. The minimum absolute atomic E-state index is 0.0238. The van der Waals surface area contributed by atoms with Crippen LogP contribution in [0.25, 0.3) is 0 Å². The number of allylic oxidation sites excluding steroid dienone is 10. The number of hydrogen-bond donors (Lipinski definition) is 0. The van der Waals surface area contributed by atoms with E-state index in [-0.39, 0.29) is 49.1 Å². The number of carboxylic acids is 1. The molecule has 0 bridgehead atoms. The molecule has 0 N–H and O–H groups in total. The van der Waals surface area contributed by atoms with Crippen LogP contribution in [0.1, 0.15) is 162 Å². The highest BCUT2D eigenvalue weighted by Crippen LogP contribution is 2.13. The van der Waals surface area contributed by atoms with Crippen molar-refractivity contribution in [2.75, 3.05) is 41.0 Å². The first kappa shape index (κ1) is 51.0. The number of carbonyl (C=O) groups is 3. The summed E-state index contributed by atoms with van der Waals surface area (Å²) >= 11 is 0. The molecule has 2 unspecified atom stereocenters. The lowest BCUT2D eigenvalue weighted by Crippen LogP contribution is -2.55. The fraction of sp³-hybridized carbons (Fsp3) is 0.717. The fourth-order valence-electron chi connectivity index (χ4n) is 5.82. The summed E-state index contributed by atoms with van der Waals surface area (Å²) in [7, 11) is 5.38. The standard InChI is InChI=1S/C46H79NO7/c1-6-8-10-12-14-16-18-20-21-22-23-25-26-28-30-32-34-36-44(48)53-41-42(40-52-39-38-43(46(50)51)47(3,4)5)54-45(49)37-35-33-31-29-27-24-19-17-15-13-11-9-7-2/h9,11,14-17,20-21,24,27,42-43H,6-8,10,12-13,18-19,22-23,25-26,28-41H2,1-5H3/b11-9-,16-14-,17-15-,21-20-,27-24-. The molecule has 0 fully saturated rings. The SMILES string of the molecule is CC/C=C\C/C=C\C/C=C\CCCCCC(=O)OC(COCCC(C(=O)[O-])[N+](C)(C)C)COC(=O)CCCCCCCCC/C=C\C/C=C\CCCCC. The number of aliphatic carboxylic acids is 1. The van der Waals surface area contributed by atoms with Gasteiger partial charge in [0, 0.05) is 19.3 Å². The van der Waals surface area contributed by atoms with E-state index in [4.69, 9.17) is 14.2 Å². The van der Waals surface area contributed by atoms with Gasteiger partial charge in [0.2, 0.25) is 0 Å². The lowest BCUT2D eigenvalue weighted by Gasteiger charge is -2.34. The number of esters is 2. The van der Waals surface area contributed by atoms with Crippen molar-refractivity contribution in [2.24, 2.45) is 0 Å². The van der Waals surface area contributed by atoms with E-state index in [1.807, 2.05) is 0 Å². The maximum absolute atomic E-state index is 12.7. The Morgan fingerprint density at radius 3 is 1.56 bits per heavy atom. The van der Waals surface area contributed by atoms with Crippen molar-refractivity contribution in [3.05, 3.63) is 60.8 Å². The van der Waals surface area contributed by atoms with Crippen LogP contribution in [0.3, 0.4) is 0 Å². The summed E-state index contributed by atoms with van der Waals surface area (Å²) in [6.45, 7) is 4.47. The van der Waals surface area contributed by atoms with Crippen molar-refractivity contribution in [1.82, 2.24) is 0 Å². The molecular weight excluding hydrogens is 679 g/mol. The highest BCUT2D eigenvalue weighted by Gasteiger charge is 2.25. The van der Waals surface area contributed by atoms with Crippen LogP contribution < -0.4 is 5.11 Å². The molecule has 0 spiro atoms. The van der Waals surface area contributed by atoms with Crippen LogP contribution in [0.5, 0.6) is 0 Å². The van der Waals surface area contributed by atoms with Crippen LogP contribution in [0, 0.1) is 0 Å². The summed E-state index contributed by atoms with van der Waals surface area (Å²) in [5, 5.41) is 11.6. The molecule has 0 aromatic heterocycles. The first-order valence-corrected chi connectivity index (χ1v) is 21.3. The van der Waals surface area contributed by atoms with Gasteiger partial charge in [0.25, 0.3) is 0 Å². The van der Waals surface area contributed by atoms with Crippen molar-refractivity contribution in [2.45, 2.75) is 174 Å². The van der Waals surface area contributed by atoms with Gasteiger partial charge in [-0.15, -0.1) is 0 Å². The number of rotatable bonds is 37. The molecule has 0 radical (unpaired) electrons. The van der Waals surface area contributed by atoms with E-state index >= 15 is 0 Å². The van der Waals surface area contributed by atoms with Crippen molar-refractivity contribution in [3.8, 4) is 0 Å². The number of unbranched alkanes of at least 4 members (excludes halogenated alkanes) is 13. The Bertz CT molecular complexity index is 1070. The van der Waals surface area contributed by atoms with Gasteiger partial charge in [0.05, 0.1) is 40.3 Å². The van der Waals surface area contributed by atoms with Gasteiger partial charge in [-0.2, -0.15) is 0 Å². The Balaban J connectivity index is 4.41. The topological polar surface area (TPSA) is 102 Å². The number of ether oxygens (including phenoxy) is 3. The Hall–Kier alpha value is -2.97. The minimum Gasteiger partial charge on any atom is -0.544 e. The average Bonchev–Trinajstić information content (AvgIpc) is 3.12. The monoisotopic (exact) mass is 758 g/mol. The largest absolute Gasteiger partial charge is 0.544 e. The van der Waals surface area contributed by atoms with Crippen molar-refractivity contribution in [3.63, 3.8) is 0 Å². The number of carboxylic acid groups (broad SMARTS) is 1. The van der Waals surface area contributed by atoms with Crippen molar-refractivity contribution < 1.29 is 38.2 Å². The molecule has 0 rings (SSSR count). The highest BCUT2D eigenvalue weighted by atomic mass is 16.6. The third-order valence-corrected chi connectivity index (χ3v) is 9.14. The summed E-state index contributed by atoms with van der Waals surface area (Å²) in [5.41, 5.74) is 0. The fourth-order valence-corrected chi connectivity index (χ4v) is 5.82. The number of carbonyl (C=O) groups excluding carboxylic acids is 3. The third kappa shape index (κ3) is 34.8. The zero-order valence-electron chi connectivity index (χ0n) is 35.1. The number of hydrogen-bond acceptors (Lipinski definition) is 7. The van der Waals surface area contributed by atoms with Gasteiger partial charge in [-0.05, 0) is 77.0 Å². The van der Waals surface area contributed by atoms with Crippen LogP contribution in [-0.4, -0.2) is 75.5 Å². The predicted octanol–water partition coefficient (Wildman–Crippen LogP) is 10.1. The van der Waals surface area contributed by atoms with Gasteiger partial charge in [0.15, 0.2) is 6.10 Å². The van der Waals surface area contributed by atoms with E-state index in [9.17, 15) is 19.5 Å². The first-order chi connectivity index (χ1) is 26.1. The van der Waals surface area contributed by atoms with Crippen LogP contribution in [0.4, 0.5) is 0 Å². The van der Waals surface area contributed by atoms with Gasteiger partial charge in [0.1, 0.15) is 12.6 Å². The number of nitrogens with zero attached hydrogens (tertiary/aromatic N) is 1. The highest BCUT2D eigenvalue weighted by molar-refractivity contribution is 5.70. The Morgan fingerprint density at radius 1 is 0.574 bits per heavy atom. The average molecular weight is 758 g/mol. The Kier molecular flexibility index (Phi) is 34.9. The van der Waals surface area contributed by atoms with Gasteiger partial charge in [-0.1, -0.05) is 126 Å². The Morgan fingerprint density at radius 2 is 1.04 bits per heavy atom. The molecule has 0 aliphatic carbocycles. The summed E-state index contributed by atoms with van der Waals surface area (Å²) in [5.74, 6) is -1.79. The molecule has 0 amide bonds. The lowest BCUT2D eigenvalue weighted by atomic mass is 10.1. The van der Waals surface area contributed by atoms with Crippen LogP contribution in [0.15, 0.2) is 60.8 Å². The zero-order valence-corrected chi connectivity index (χ0v) is 35.1. The van der Waals surface area contributed by atoms with E-state index < -0.39 is 18.1 Å². The molecule has 0 aliphatic heterocycles. The van der Waals surface area contributed by atoms with Gasteiger partial charge in [-0.25, -0.2) is 0 Å². The predicted molar refractivity (Wildman–Crippen MR) is 222 cm³/mol. The van der Waals surface area contributed by atoms with E-state index in [0.717, 1.165) is 70.6 Å². The molecule has 0 aromatic carbocycles.